The molecule has 6 nitrogen and oxygen atoms in total. The highest BCUT2D eigenvalue weighted by Crippen LogP contribution is 2.32. The van der Waals surface area contributed by atoms with E-state index in [1.165, 1.54) is 5.56 Å². The molecule has 170 valence electrons. The van der Waals surface area contributed by atoms with Gasteiger partial charge < -0.3 is 15.7 Å². The van der Waals surface area contributed by atoms with Gasteiger partial charge in [0.1, 0.15) is 5.82 Å². The highest BCUT2D eigenvalue weighted by molar-refractivity contribution is 5.95. The van der Waals surface area contributed by atoms with Crippen molar-refractivity contribution in [3.05, 3.63) is 95.7 Å². The third-order valence-electron chi connectivity index (χ3n) is 6.65. The van der Waals surface area contributed by atoms with Gasteiger partial charge in [-0.05, 0) is 77.2 Å². The number of piperidine rings is 1. The molecule has 6 heteroatoms. The van der Waals surface area contributed by atoms with Crippen LogP contribution in [0.3, 0.4) is 0 Å². The number of nitrogens with zero attached hydrogens (tertiary/aromatic N) is 2. The lowest BCUT2D eigenvalue weighted by Crippen LogP contribution is -2.37. The predicted molar refractivity (Wildman–Crippen MR) is 133 cm³/mol. The molecule has 0 aliphatic carbocycles. The van der Waals surface area contributed by atoms with Crippen LogP contribution in [0.5, 0.6) is 0 Å². The van der Waals surface area contributed by atoms with E-state index in [0.29, 0.717) is 30.4 Å². The van der Waals surface area contributed by atoms with Crippen LogP contribution in [0.2, 0.25) is 0 Å². The Bertz CT molecular complexity index is 1370. The molecule has 2 heterocycles. The molecule has 0 radical (unpaired) electrons. The number of likely N-dealkylation sites (tertiary alicyclic amines) is 1. The lowest BCUT2D eigenvalue weighted by atomic mass is 9.88. The molecule has 1 amide bonds. The standard InChI is InChI=1S/C28H25N3O3/c29-26-25-17-23(9-6-20(25)10-13-30-26)19-11-14-31(15-12-19)27(32)21-7-4-18(5-8-21)22-2-1-3-24(16-22)28(33)34/h1-10,13,16-17,19H,11-12,14-15H2,(H2,29,30)(H,33,34). The summed E-state index contributed by atoms with van der Waals surface area (Å²) in [6, 6.07) is 22.5. The predicted octanol–water partition coefficient (Wildman–Crippen LogP) is 5.20. The Balaban J connectivity index is 1.26. The zero-order valence-corrected chi connectivity index (χ0v) is 18.6. The van der Waals surface area contributed by atoms with Gasteiger partial charge in [0.15, 0.2) is 0 Å². The number of hydrogen-bond donors (Lipinski definition) is 2. The van der Waals surface area contributed by atoms with E-state index in [2.05, 4.69) is 23.2 Å². The molecule has 5 rings (SSSR count). The number of aromatic nitrogens is 1. The summed E-state index contributed by atoms with van der Waals surface area (Å²) in [5.74, 6) is -0.000779. The van der Waals surface area contributed by atoms with E-state index in [0.717, 1.165) is 34.7 Å². The molecule has 0 atom stereocenters. The van der Waals surface area contributed by atoms with Gasteiger partial charge in [-0.1, -0.05) is 36.4 Å². The van der Waals surface area contributed by atoms with Crippen molar-refractivity contribution in [2.45, 2.75) is 18.8 Å². The number of nitrogens with two attached hydrogens (primary N) is 1. The molecule has 1 aromatic heterocycles. The number of nitrogen functional groups attached to an aromatic ring is 1. The van der Waals surface area contributed by atoms with E-state index < -0.39 is 5.97 Å². The van der Waals surface area contributed by atoms with Crippen LogP contribution in [0.1, 0.15) is 45.0 Å². The minimum atomic E-state index is -0.958. The zero-order valence-electron chi connectivity index (χ0n) is 18.6. The van der Waals surface area contributed by atoms with Gasteiger partial charge in [-0.25, -0.2) is 9.78 Å². The van der Waals surface area contributed by atoms with Crippen molar-refractivity contribution in [2.24, 2.45) is 0 Å². The Kier molecular flexibility index (Phi) is 5.72. The molecule has 0 bridgehead atoms. The van der Waals surface area contributed by atoms with E-state index in [4.69, 9.17) is 5.73 Å². The van der Waals surface area contributed by atoms with Crippen molar-refractivity contribution in [3.63, 3.8) is 0 Å². The quantitative estimate of drug-likeness (QED) is 0.444. The maximum atomic E-state index is 13.1. The Morgan fingerprint density at radius 1 is 0.882 bits per heavy atom. The number of amides is 1. The first-order chi connectivity index (χ1) is 16.5. The summed E-state index contributed by atoms with van der Waals surface area (Å²) in [5, 5.41) is 11.3. The number of anilines is 1. The van der Waals surface area contributed by atoms with Crippen molar-refractivity contribution >= 4 is 28.5 Å². The minimum absolute atomic E-state index is 0.0243. The smallest absolute Gasteiger partial charge is 0.335 e. The molecule has 1 fully saturated rings. The minimum Gasteiger partial charge on any atom is -0.478 e. The molecule has 1 saturated heterocycles. The second kappa shape index (κ2) is 8.98. The van der Waals surface area contributed by atoms with Gasteiger partial charge in [0, 0.05) is 30.2 Å². The van der Waals surface area contributed by atoms with Crippen molar-refractivity contribution in [2.75, 3.05) is 18.8 Å². The van der Waals surface area contributed by atoms with E-state index in [9.17, 15) is 14.7 Å². The topological polar surface area (TPSA) is 96.5 Å². The van der Waals surface area contributed by atoms with Crippen LogP contribution < -0.4 is 5.73 Å². The molecule has 0 spiro atoms. The lowest BCUT2D eigenvalue weighted by molar-refractivity contribution is 0.0693. The molecule has 1 aliphatic rings. The number of carboxylic acids is 1. The first-order valence-electron chi connectivity index (χ1n) is 11.4. The summed E-state index contributed by atoms with van der Waals surface area (Å²) < 4.78 is 0. The SMILES string of the molecule is Nc1nccc2ccc(C3CCN(C(=O)c4ccc(-c5cccc(C(=O)O)c5)cc4)CC3)cc12. The largest absolute Gasteiger partial charge is 0.478 e. The number of carboxylic acid groups (broad SMARTS) is 1. The second-order valence-electron chi connectivity index (χ2n) is 8.71. The first-order valence-corrected chi connectivity index (χ1v) is 11.4. The van der Waals surface area contributed by atoms with Crippen LogP contribution in [0.4, 0.5) is 5.82 Å². The number of fused-ring (bicyclic) bond motifs is 1. The molecular formula is C28H25N3O3. The molecular weight excluding hydrogens is 426 g/mol. The number of rotatable bonds is 4. The molecule has 0 unspecified atom stereocenters. The summed E-state index contributed by atoms with van der Waals surface area (Å²) in [6.45, 7) is 1.40. The van der Waals surface area contributed by atoms with Crippen LogP contribution in [0.25, 0.3) is 21.9 Å². The van der Waals surface area contributed by atoms with Gasteiger partial charge in [-0.15, -0.1) is 0 Å². The van der Waals surface area contributed by atoms with E-state index in [1.807, 2.05) is 41.3 Å². The normalized spacial score (nSPS) is 14.3. The van der Waals surface area contributed by atoms with Gasteiger partial charge in [0.2, 0.25) is 0 Å². The van der Waals surface area contributed by atoms with Gasteiger partial charge in [-0.3, -0.25) is 4.79 Å². The number of carbonyl (C=O) groups excluding carboxylic acids is 1. The summed E-state index contributed by atoms with van der Waals surface area (Å²) >= 11 is 0. The number of aromatic carboxylic acids is 1. The Labute approximate surface area is 197 Å². The van der Waals surface area contributed by atoms with Crippen molar-refractivity contribution < 1.29 is 14.7 Å². The number of benzene rings is 3. The van der Waals surface area contributed by atoms with E-state index in [1.54, 1.807) is 24.4 Å². The second-order valence-corrected chi connectivity index (χ2v) is 8.71. The fraction of sp³-hybridized carbons (Fsp3) is 0.179. The first kappa shape index (κ1) is 21.6. The fourth-order valence-corrected chi connectivity index (χ4v) is 4.70. The third-order valence-corrected chi connectivity index (χ3v) is 6.65. The molecule has 4 aromatic rings. The van der Waals surface area contributed by atoms with Crippen molar-refractivity contribution in [3.8, 4) is 11.1 Å². The molecule has 0 saturated carbocycles. The highest BCUT2D eigenvalue weighted by Gasteiger charge is 2.25. The lowest BCUT2D eigenvalue weighted by Gasteiger charge is -2.32. The van der Waals surface area contributed by atoms with E-state index >= 15 is 0 Å². The maximum absolute atomic E-state index is 13.1. The maximum Gasteiger partial charge on any atom is 0.335 e. The van der Waals surface area contributed by atoms with Crippen molar-refractivity contribution in [1.82, 2.24) is 9.88 Å². The number of hydrogen-bond acceptors (Lipinski definition) is 4. The summed E-state index contributed by atoms with van der Waals surface area (Å²) in [7, 11) is 0. The zero-order chi connectivity index (χ0) is 23.7. The van der Waals surface area contributed by atoms with E-state index in [-0.39, 0.29) is 11.5 Å². The van der Waals surface area contributed by atoms with Crippen molar-refractivity contribution in [1.29, 1.82) is 0 Å². The van der Waals surface area contributed by atoms with Gasteiger partial charge in [-0.2, -0.15) is 0 Å². The monoisotopic (exact) mass is 451 g/mol. The summed E-state index contributed by atoms with van der Waals surface area (Å²) in [4.78, 5) is 30.4. The molecule has 3 aromatic carbocycles. The number of pyridine rings is 1. The Morgan fingerprint density at radius 2 is 1.65 bits per heavy atom. The fourth-order valence-electron chi connectivity index (χ4n) is 4.70. The average Bonchev–Trinajstić information content (AvgIpc) is 2.88. The molecule has 34 heavy (non-hydrogen) atoms. The van der Waals surface area contributed by atoms with Crippen LogP contribution >= 0.6 is 0 Å². The summed E-state index contributed by atoms with van der Waals surface area (Å²) in [6.07, 6.45) is 3.52. The van der Waals surface area contributed by atoms with Gasteiger partial charge >= 0.3 is 5.97 Å². The number of carbonyl (C=O) groups is 2. The Morgan fingerprint density at radius 3 is 2.38 bits per heavy atom. The van der Waals surface area contributed by atoms with Crippen LogP contribution in [0, 0.1) is 0 Å². The molecule has 3 N–H and O–H groups in total. The third kappa shape index (κ3) is 4.22. The van der Waals surface area contributed by atoms with Gasteiger partial charge in [0.25, 0.3) is 5.91 Å². The summed E-state index contributed by atoms with van der Waals surface area (Å²) in [5.41, 5.74) is 9.87. The Hall–Kier alpha value is -4.19. The van der Waals surface area contributed by atoms with Crippen LogP contribution in [0.15, 0.2) is 79.0 Å². The van der Waals surface area contributed by atoms with Crippen LogP contribution in [-0.4, -0.2) is 40.0 Å². The average molecular weight is 452 g/mol. The molecule has 1 aliphatic heterocycles. The van der Waals surface area contributed by atoms with Gasteiger partial charge in [0.05, 0.1) is 5.56 Å². The van der Waals surface area contributed by atoms with Crippen LogP contribution in [-0.2, 0) is 0 Å². The highest BCUT2D eigenvalue weighted by atomic mass is 16.4.